The van der Waals surface area contributed by atoms with Crippen LogP contribution in [-0.2, 0) is 9.59 Å². The molecule has 150 valence electrons. The third kappa shape index (κ3) is 3.12. The number of non-ortho nitro benzene ring substituents is 1. The number of aliphatic hydroxyl groups is 1. The van der Waals surface area contributed by atoms with Gasteiger partial charge in [0.25, 0.3) is 11.5 Å². The number of anilines is 1. The summed E-state index contributed by atoms with van der Waals surface area (Å²) in [6.45, 7) is 1.64. The standard InChI is InChI=1S/C21H15N3O6/c1-12-11-16(22-30-12)23-18(13-7-9-15(10-8-13)24(28)29)17(20(26)21(23)27)19(25)14-5-3-2-4-6-14/h2-11,18,25H,1H3/b19-17+/t18-/m1/s1. The number of carbonyl (C=O) groups is 2. The van der Waals surface area contributed by atoms with Gasteiger partial charge in [0, 0.05) is 23.8 Å². The Balaban J connectivity index is 1.93. The van der Waals surface area contributed by atoms with E-state index in [1.54, 1.807) is 37.3 Å². The Bertz CT molecular complexity index is 1180. The maximum Gasteiger partial charge on any atom is 0.301 e. The lowest BCUT2D eigenvalue weighted by Crippen LogP contribution is -2.29. The summed E-state index contributed by atoms with van der Waals surface area (Å²) in [6.07, 6.45) is 0. The summed E-state index contributed by atoms with van der Waals surface area (Å²) in [7, 11) is 0. The number of aromatic nitrogens is 1. The van der Waals surface area contributed by atoms with Crippen LogP contribution in [0.25, 0.3) is 5.76 Å². The van der Waals surface area contributed by atoms with Gasteiger partial charge in [-0.25, -0.2) is 0 Å². The van der Waals surface area contributed by atoms with Crippen LogP contribution in [0.2, 0.25) is 0 Å². The number of carbonyl (C=O) groups excluding carboxylic acids is 2. The van der Waals surface area contributed by atoms with E-state index in [1.807, 2.05) is 0 Å². The molecule has 2 heterocycles. The molecule has 9 nitrogen and oxygen atoms in total. The molecule has 1 amide bonds. The lowest BCUT2D eigenvalue weighted by Gasteiger charge is -2.22. The zero-order valence-electron chi connectivity index (χ0n) is 15.7. The smallest absolute Gasteiger partial charge is 0.301 e. The molecule has 1 atom stereocenters. The van der Waals surface area contributed by atoms with Crippen molar-refractivity contribution in [3.8, 4) is 0 Å². The molecule has 1 N–H and O–H groups in total. The highest BCUT2D eigenvalue weighted by Crippen LogP contribution is 2.42. The monoisotopic (exact) mass is 405 g/mol. The average molecular weight is 405 g/mol. The number of hydrogen-bond acceptors (Lipinski definition) is 7. The second-order valence-corrected chi connectivity index (χ2v) is 6.68. The van der Waals surface area contributed by atoms with E-state index in [4.69, 9.17) is 4.52 Å². The van der Waals surface area contributed by atoms with Crippen LogP contribution in [0, 0.1) is 17.0 Å². The van der Waals surface area contributed by atoms with Crippen LogP contribution < -0.4 is 4.90 Å². The van der Waals surface area contributed by atoms with Gasteiger partial charge in [-0.05, 0) is 24.6 Å². The molecule has 0 aliphatic carbocycles. The summed E-state index contributed by atoms with van der Waals surface area (Å²) >= 11 is 0. The lowest BCUT2D eigenvalue weighted by atomic mass is 9.95. The van der Waals surface area contributed by atoms with Gasteiger partial charge in [0.05, 0.1) is 16.5 Å². The zero-order chi connectivity index (χ0) is 21.4. The number of nitrogens with zero attached hydrogens (tertiary/aromatic N) is 3. The van der Waals surface area contributed by atoms with Crippen molar-refractivity contribution in [1.82, 2.24) is 5.16 Å². The van der Waals surface area contributed by atoms with Crippen LogP contribution in [0.3, 0.4) is 0 Å². The number of nitro benzene ring substituents is 1. The fourth-order valence-corrected chi connectivity index (χ4v) is 3.38. The van der Waals surface area contributed by atoms with Gasteiger partial charge in [-0.1, -0.05) is 35.5 Å². The Labute approximate surface area is 170 Å². The van der Waals surface area contributed by atoms with Crippen molar-refractivity contribution in [2.45, 2.75) is 13.0 Å². The number of aryl methyl sites for hydroxylation is 1. The number of aliphatic hydroxyl groups excluding tert-OH is 1. The molecular formula is C21H15N3O6. The second-order valence-electron chi connectivity index (χ2n) is 6.68. The van der Waals surface area contributed by atoms with E-state index in [9.17, 15) is 24.8 Å². The Morgan fingerprint density at radius 1 is 1.13 bits per heavy atom. The summed E-state index contributed by atoms with van der Waals surface area (Å²) in [5.41, 5.74) is 0.480. The molecule has 4 rings (SSSR count). The van der Waals surface area contributed by atoms with E-state index < -0.39 is 22.7 Å². The molecule has 2 aromatic carbocycles. The first kappa shape index (κ1) is 19.1. The predicted octanol–water partition coefficient (Wildman–Crippen LogP) is 3.52. The first-order chi connectivity index (χ1) is 14.4. The van der Waals surface area contributed by atoms with Crippen LogP contribution in [0.1, 0.15) is 22.9 Å². The number of rotatable bonds is 4. The Kier molecular flexibility index (Phi) is 4.63. The van der Waals surface area contributed by atoms with Crippen molar-refractivity contribution in [3.05, 3.63) is 93.2 Å². The van der Waals surface area contributed by atoms with E-state index in [2.05, 4.69) is 5.16 Å². The van der Waals surface area contributed by atoms with E-state index in [0.29, 0.717) is 16.9 Å². The van der Waals surface area contributed by atoms with E-state index in [-0.39, 0.29) is 22.8 Å². The van der Waals surface area contributed by atoms with E-state index >= 15 is 0 Å². The van der Waals surface area contributed by atoms with Crippen LogP contribution >= 0.6 is 0 Å². The molecule has 30 heavy (non-hydrogen) atoms. The zero-order valence-corrected chi connectivity index (χ0v) is 15.7. The maximum atomic E-state index is 12.9. The van der Waals surface area contributed by atoms with Gasteiger partial charge >= 0.3 is 5.91 Å². The highest BCUT2D eigenvalue weighted by Gasteiger charge is 2.48. The minimum Gasteiger partial charge on any atom is -0.507 e. The van der Waals surface area contributed by atoms with Gasteiger partial charge in [-0.15, -0.1) is 0 Å². The van der Waals surface area contributed by atoms with Crippen molar-refractivity contribution in [3.63, 3.8) is 0 Å². The van der Waals surface area contributed by atoms with Gasteiger partial charge in [0.1, 0.15) is 11.5 Å². The second kappa shape index (κ2) is 7.28. The Morgan fingerprint density at radius 3 is 2.37 bits per heavy atom. The summed E-state index contributed by atoms with van der Waals surface area (Å²) in [6, 6.07) is 14.2. The first-order valence-electron chi connectivity index (χ1n) is 8.92. The minimum absolute atomic E-state index is 0.102. The molecular weight excluding hydrogens is 390 g/mol. The summed E-state index contributed by atoms with van der Waals surface area (Å²) in [5.74, 6) is -1.59. The predicted molar refractivity (Wildman–Crippen MR) is 106 cm³/mol. The molecule has 1 aromatic heterocycles. The molecule has 0 saturated carbocycles. The highest BCUT2D eigenvalue weighted by atomic mass is 16.6. The quantitative estimate of drug-likeness (QED) is 0.231. The van der Waals surface area contributed by atoms with Crippen LogP contribution in [0.15, 0.2) is 70.8 Å². The van der Waals surface area contributed by atoms with Crippen molar-refractivity contribution >= 4 is 29.0 Å². The Morgan fingerprint density at radius 2 is 1.80 bits per heavy atom. The molecule has 1 aliphatic heterocycles. The first-order valence-corrected chi connectivity index (χ1v) is 8.92. The van der Waals surface area contributed by atoms with Gasteiger partial charge in [0.15, 0.2) is 5.82 Å². The normalized spacial score (nSPS) is 18.0. The highest BCUT2D eigenvalue weighted by molar-refractivity contribution is 6.51. The number of nitro groups is 1. The average Bonchev–Trinajstić information content (AvgIpc) is 3.29. The molecule has 0 radical (unpaired) electrons. The molecule has 0 bridgehead atoms. The SMILES string of the molecule is Cc1cc(N2C(=O)C(=O)/C(=C(/O)c3ccccc3)[C@H]2c2ccc([N+](=O)[O-])cc2)no1. The molecule has 9 heteroatoms. The molecule has 1 aliphatic rings. The topological polar surface area (TPSA) is 127 Å². The van der Waals surface area contributed by atoms with Crippen molar-refractivity contribution in [2.24, 2.45) is 0 Å². The number of ketones is 1. The van der Waals surface area contributed by atoms with E-state index in [1.165, 1.54) is 30.3 Å². The largest absolute Gasteiger partial charge is 0.507 e. The summed E-state index contributed by atoms with van der Waals surface area (Å²) < 4.78 is 5.05. The van der Waals surface area contributed by atoms with Gasteiger partial charge in [0.2, 0.25) is 0 Å². The third-order valence-corrected chi connectivity index (χ3v) is 4.77. The maximum absolute atomic E-state index is 12.9. The number of benzene rings is 2. The fraction of sp³-hybridized carbons (Fsp3) is 0.0952. The molecule has 3 aromatic rings. The fourth-order valence-electron chi connectivity index (χ4n) is 3.38. The number of hydrogen-bond donors (Lipinski definition) is 1. The van der Waals surface area contributed by atoms with Crippen LogP contribution in [0.4, 0.5) is 11.5 Å². The third-order valence-electron chi connectivity index (χ3n) is 4.77. The summed E-state index contributed by atoms with van der Waals surface area (Å²) in [4.78, 5) is 37.3. The van der Waals surface area contributed by atoms with Crippen LogP contribution in [-0.4, -0.2) is 26.9 Å². The molecule has 1 fully saturated rings. The Hall–Kier alpha value is -4.27. The van der Waals surface area contributed by atoms with Crippen molar-refractivity contribution in [2.75, 3.05) is 4.90 Å². The van der Waals surface area contributed by atoms with Gasteiger partial charge in [-0.2, -0.15) is 0 Å². The summed E-state index contributed by atoms with van der Waals surface area (Å²) in [5, 5.41) is 25.7. The van der Waals surface area contributed by atoms with Gasteiger partial charge in [-0.3, -0.25) is 24.6 Å². The molecule has 1 saturated heterocycles. The van der Waals surface area contributed by atoms with E-state index in [0.717, 1.165) is 4.90 Å². The van der Waals surface area contributed by atoms with Crippen molar-refractivity contribution < 1.29 is 24.1 Å². The number of amides is 1. The van der Waals surface area contributed by atoms with Crippen molar-refractivity contribution in [1.29, 1.82) is 0 Å². The minimum atomic E-state index is -1.03. The lowest BCUT2D eigenvalue weighted by molar-refractivity contribution is -0.384. The molecule has 0 unspecified atom stereocenters. The molecule has 0 spiro atoms. The number of Topliss-reactive ketones (excluding diaryl/α,β-unsaturated/α-hetero) is 1. The van der Waals surface area contributed by atoms with Crippen LogP contribution in [0.5, 0.6) is 0 Å². The van der Waals surface area contributed by atoms with Gasteiger partial charge < -0.3 is 9.63 Å².